The van der Waals surface area contributed by atoms with E-state index in [1.54, 1.807) is 13.8 Å². The van der Waals surface area contributed by atoms with Crippen molar-refractivity contribution >= 4 is 17.7 Å². The lowest BCUT2D eigenvalue weighted by Crippen LogP contribution is -2.87. The van der Waals surface area contributed by atoms with Crippen LogP contribution in [0.3, 0.4) is 0 Å². The summed E-state index contributed by atoms with van der Waals surface area (Å²) in [6, 6.07) is 0. The van der Waals surface area contributed by atoms with Crippen LogP contribution >= 0.6 is 0 Å². The number of hydrogen-bond donors (Lipinski definition) is 2. The summed E-state index contributed by atoms with van der Waals surface area (Å²) in [5.41, 5.74) is -7.57. The normalized spacial score (nSPS) is 44.4. The number of esters is 2. The first kappa shape index (κ1) is 27.5. The Hall–Kier alpha value is -2.07. The van der Waals surface area contributed by atoms with E-state index in [2.05, 4.69) is 13.2 Å². The van der Waals surface area contributed by atoms with E-state index in [1.165, 1.54) is 20.1 Å². The topological polar surface area (TPSA) is 129 Å². The van der Waals surface area contributed by atoms with Gasteiger partial charge in [-0.3, -0.25) is 4.79 Å². The average Bonchev–Trinajstić information content (AvgIpc) is 2.76. The van der Waals surface area contributed by atoms with Gasteiger partial charge in [-0.1, -0.05) is 33.4 Å². The molecule has 0 amide bonds. The Morgan fingerprint density at radius 3 is 2.34 bits per heavy atom. The SMILES string of the molecule is C=CC(=O)O[C@H]1[C@@H](OC(=O)COC)[C@H]2C(C)(C)CC[C@H](O)[C@]2(C)[C@@]2(O)C(=O)C[C@](C)(C=C)O[C@]12C. The van der Waals surface area contributed by atoms with Crippen LogP contribution < -0.4 is 0 Å². The number of carbonyl (C=O) groups is 3. The first-order valence-corrected chi connectivity index (χ1v) is 11.9. The molecule has 3 aliphatic rings. The number of aliphatic hydroxyl groups is 2. The summed E-state index contributed by atoms with van der Waals surface area (Å²) in [4.78, 5) is 39.2. The van der Waals surface area contributed by atoms with Crippen LogP contribution in [0.5, 0.6) is 0 Å². The second-order valence-electron chi connectivity index (χ2n) is 11.3. The molecule has 8 atom stereocenters. The van der Waals surface area contributed by atoms with Gasteiger partial charge in [0.2, 0.25) is 0 Å². The van der Waals surface area contributed by atoms with Crippen LogP contribution in [-0.4, -0.2) is 76.8 Å². The lowest BCUT2D eigenvalue weighted by atomic mass is 9.39. The molecule has 2 N–H and O–H groups in total. The molecule has 9 heteroatoms. The number of ether oxygens (including phenoxy) is 4. The first-order valence-electron chi connectivity index (χ1n) is 11.9. The fourth-order valence-corrected chi connectivity index (χ4v) is 7.04. The van der Waals surface area contributed by atoms with Crippen LogP contribution in [0, 0.1) is 16.7 Å². The molecule has 3 fully saturated rings. The van der Waals surface area contributed by atoms with Crippen molar-refractivity contribution in [3.8, 4) is 0 Å². The second kappa shape index (κ2) is 8.80. The smallest absolute Gasteiger partial charge is 0.332 e. The molecule has 35 heavy (non-hydrogen) atoms. The molecule has 2 saturated carbocycles. The van der Waals surface area contributed by atoms with Gasteiger partial charge in [-0.2, -0.15) is 0 Å². The highest BCUT2D eigenvalue weighted by molar-refractivity contribution is 5.92. The Morgan fingerprint density at radius 2 is 1.80 bits per heavy atom. The summed E-state index contributed by atoms with van der Waals surface area (Å²) in [5.74, 6) is -2.93. The first-order chi connectivity index (χ1) is 16.1. The largest absolute Gasteiger partial charge is 0.456 e. The molecule has 196 valence electrons. The van der Waals surface area contributed by atoms with Crippen LogP contribution in [-0.2, 0) is 33.3 Å². The lowest BCUT2D eigenvalue weighted by Gasteiger charge is -2.71. The molecule has 0 spiro atoms. The van der Waals surface area contributed by atoms with Crippen LogP contribution in [0.15, 0.2) is 25.3 Å². The summed E-state index contributed by atoms with van der Waals surface area (Å²) >= 11 is 0. The summed E-state index contributed by atoms with van der Waals surface area (Å²) in [5, 5.41) is 23.9. The maximum Gasteiger partial charge on any atom is 0.332 e. The van der Waals surface area contributed by atoms with Gasteiger partial charge in [0.25, 0.3) is 0 Å². The van der Waals surface area contributed by atoms with E-state index in [0.29, 0.717) is 12.8 Å². The number of methoxy groups -OCH3 is 1. The fourth-order valence-electron chi connectivity index (χ4n) is 7.04. The van der Waals surface area contributed by atoms with Crippen molar-refractivity contribution in [2.75, 3.05) is 13.7 Å². The minimum atomic E-state index is -2.29. The Bertz CT molecular complexity index is 928. The summed E-state index contributed by atoms with van der Waals surface area (Å²) in [6.07, 6.45) is -0.709. The van der Waals surface area contributed by atoms with E-state index < -0.39 is 69.6 Å². The molecule has 0 aromatic rings. The van der Waals surface area contributed by atoms with E-state index >= 15 is 0 Å². The molecule has 0 aromatic heterocycles. The minimum absolute atomic E-state index is 0.200. The quantitative estimate of drug-likeness (QED) is 0.323. The van der Waals surface area contributed by atoms with Gasteiger partial charge in [-0.15, -0.1) is 6.58 Å². The number of rotatable bonds is 6. The molecule has 3 rings (SSSR count). The van der Waals surface area contributed by atoms with Crippen LogP contribution in [0.4, 0.5) is 0 Å². The van der Waals surface area contributed by atoms with Crippen molar-refractivity contribution in [1.82, 2.24) is 0 Å². The van der Waals surface area contributed by atoms with Crippen molar-refractivity contribution in [3.63, 3.8) is 0 Å². The van der Waals surface area contributed by atoms with E-state index in [0.717, 1.165) is 6.08 Å². The molecule has 1 heterocycles. The van der Waals surface area contributed by atoms with Crippen molar-refractivity contribution in [3.05, 3.63) is 25.3 Å². The molecule has 0 bridgehead atoms. The number of carbonyl (C=O) groups excluding carboxylic acids is 3. The van der Waals surface area contributed by atoms with Crippen molar-refractivity contribution in [1.29, 1.82) is 0 Å². The maximum atomic E-state index is 13.9. The highest BCUT2D eigenvalue weighted by Crippen LogP contribution is 2.67. The summed E-state index contributed by atoms with van der Waals surface area (Å²) < 4.78 is 23.0. The lowest BCUT2D eigenvalue weighted by molar-refractivity contribution is -0.370. The number of Topliss-reactive ketones (excluding diaryl/α,β-unsaturated/α-hetero) is 1. The van der Waals surface area contributed by atoms with Crippen molar-refractivity contribution in [2.45, 2.75) is 89.0 Å². The molecular weight excluding hydrogens is 456 g/mol. The van der Waals surface area contributed by atoms with E-state index in [1.807, 2.05) is 13.8 Å². The van der Waals surface area contributed by atoms with Gasteiger partial charge in [-0.25, -0.2) is 9.59 Å². The minimum Gasteiger partial charge on any atom is -0.456 e. The number of ketones is 1. The van der Waals surface area contributed by atoms with Crippen LogP contribution in [0.2, 0.25) is 0 Å². The molecule has 1 aliphatic heterocycles. The van der Waals surface area contributed by atoms with Crippen molar-refractivity contribution in [2.24, 2.45) is 16.7 Å². The van der Waals surface area contributed by atoms with Crippen LogP contribution in [0.25, 0.3) is 0 Å². The molecule has 0 unspecified atom stereocenters. The average molecular weight is 495 g/mol. The Labute approximate surface area is 206 Å². The molecule has 2 aliphatic carbocycles. The monoisotopic (exact) mass is 494 g/mol. The van der Waals surface area contributed by atoms with Gasteiger partial charge in [0.1, 0.15) is 18.3 Å². The Balaban J connectivity index is 2.37. The Kier molecular flexibility index (Phi) is 6.92. The number of fused-ring (bicyclic) bond motifs is 3. The van der Waals surface area contributed by atoms with Gasteiger partial charge < -0.3 is 29.2 Å². The molecule has 1 saturated heterocycles. The second-order valence-corrected chi connectivity index (χ2v) is 11.3. The third-order valence-electron chi connectivity index (χ3n) is 8.64. The predicted molar refractivity (Wildman–Crippen MR) is 125 cm³/mol. The molecule has 0 radical (unpaired) electrons. The summed E-state index contributed by atoms with van der Waals surface area (Å²) in [6.45, 7) is 15.4. The van der Waals surface area contributed by atoms with Gasteiger partial charge in [0, 0.05) is 30.9 Å². The predicted octanol–water partition coefficient (Wildman–Crippen LogP) is 1.88. The van der Waals surface area contributed by atoms with E-state index in [4.69, 9.17) is 18.9 Å². The molecular formula is C26H38O9. The van der Waals surface area contributed by atoms with Crippen LogP contribution in [0.1, 0.15) is 53.9 Å². The zero-order valence-corrected chi connectivity index (χ0v) is 21.5. The highest BCUT2D eigenvalue weighted by Gasteiger charge is 2.82. The maximum absolute atomic E-state index is 13.9. The van der Waals surface area contributed by atoms with Gasteiger partial charge in [-0.05, 0) is 32.1 Å². The standard InChI is InChI=1S/C26H38O9/c1-9-17(29)34-21-19(33-18(30)14-32-8)20-22(3,4)12-11-15(27)24(20,6)26(31)16(28)13-23(5,10-2)35-25(21,26)7/h9-10,15,19-21,27,31H,1-2,11-14H2,3-8H3/t15-,19-,20-,21-,23-,24-,25+,26-/m0/s1. The van der Waals surface area contributed by atoms with Gasteiger partial charge in [0.05, 0.1) is 11.7 Å². The van der Waals surface area contributed by atoms with Gasteiger partial charge in [0.15, 0.2) is 17.5 Å². The zero-order valence-electron chi connectivity index (χ0n) is 21.5. The third kappa shape index (κ3) is 3.79. The third-order valence-corrected chi connectivity index (χ3v) is 8.64. The van der Waals surface area contributed by atoms with Crippen molar-refractivity contribution < 1.29 is 43.5 Å². The van der Waals surface area contributed by atoms with Gasteiger partial charge >= 0.3 is 11.9 Å². The number of hydrogen-bond acceptors (Lipinski definition) is 9. The molecule has 0 aromatic carbocycles. The number of aliphatic hydroxyl groups excluding tert-OH is 1. The zero-order chi connectivity index (χ0) is 26.6. The van der Waals surface area contributed by atoms with E-state index in [-0.39, 0.29) is 13.0 Å². The Morgan fingerprint density at radius 1 is 1.17 bits per heavy atom. The highest BCUT2D eigenvalue weighted by atomic mass is 16.6. The summed E-state index contributed by atoms with van der Waals surface area (Å²) in [7, 11) is 1.34. The van der Waals surface area contributed by atoms with E-state index in [9.17, 15) is 24.6 Å². The fraction of sp³-hybridized carbons (Fsp3) is 0.731. The molecule has 9 nitrogen and oxygen atoms in total.